The normalized spacial score (nSPS) is 16.5. The first-order chi connectivity index (χ1) is 5.61. The van der Waals surface area contributed by atoms with E-state index < -0.39 is 0 Å². The number of rotatable bonds is 6. The van der Waals surface area contributed by atoms with Crippen LogP contribution in [0.25, 0.3) is 0 Å². The van der Waals surface area contributed by atoms with Crippen LogP contribution in [0.15, 0.2) is 0 Å². The Morgan fingerprint density at radius 3 is 2.17 bits per heavy atom. The third kappa shape index (κ3) is 4.73. The number of hydrogen-bond donors (Lipinski definition) is 1. The molecule has 0 aromatic rings. The second kappa shape index (κ2) is 6.44. The number of hydrogen-bond acceptors (Lipinski definition) is 2. The molecule has 2 heteroatoms. The predicted octanol–water partition coefficient (Wildman–Crippen LogP) is 2.05. The summed E-state index contributed by atoms with van der Waals surface area (Å²) in [5.41, 5.74) is 0. The average molecular weight is 173 g/mol. The minimum Gasteiger partial charge on any atom is -0.383 e. The van der Waals surface area contributed by atoms with E-state index in [-0.39, 0.29) is 0 Å². The van der Waals surface area contributed by atoms with E-state index in [9.17, 15) is 0 Å². The summed E-state index contributed by atoms with van der Waals surface area (Å²) in [6, 6.07) is 1.08. The van der Waals surface area contributed by atoms with Gasteiger partial charge in [-0.1, -0.05) is 20.8 Å². The van der Waals surface area contributed by atoms with Crippen LogP contribution in [0.3, 0.4) is 0 Å². The molecule has 2 nitrogen and oxygen atoms in total. The van der Waals surface area contributed by atoms with Gasteiger partial charge >= 0.3 is 0 Å². The van der Waals surface area contributed by atoms with Gasteiger partial charge in [0.2, 0.25) is 0 Å². The molecule has 1 N–H and O–H groups in total. The van der Waals surface area contributed by atoms with Crippen LogP contribution >= 0.6 is 0 Å². The molecule has 0 aromatic carbocycles. The smallest absolute Gasteiger partial charge is 0.0615 e. The van der Waals surface area contributed by atoms with Gasteiger partial charge in [0.1, 0.15) is 0 Å². The van der Waals surface area contributed by atoms with Gasteiger partial charge in [0, 0.05) is 19.2 Å². The highest BCUT2D eigenvalue weighted by atomic mass is 16.5. The van der Waals surface area contributed by atoms with Crippen molar-refractivity contribution in [1.29, 1.82) is 0 Å². The molecule has 2 unspecified atom stereocenters. The third-order valence-corrected chi connectivity index (χ3v) is 2.36. The molecule has 0 radical (unpaired) electrons. The van der Waals surface area contributed by atoms with Crippen LogP contribution in [-0.2, 0) is 4.74 Å². The molecule has 0 aromatic heterocycles. The maximum Gasteiger partial charge on any atom is 0.0615 e. The Morgan fingerprint density at radius 1 is 1.25 bits per heavy atom. The van der Waals surface area contributed by atoms with Crippen molar-refractivity contribution in [3.8, 4) is 0 Å². The van der Waals surface area contributed by atoms with Crippen molar-refractivity contribution in [2.24, 2.45) is 5.92 Å². The summed E-state index contributed by atoms with van der Waals surface area (Å²) in [4.78, 5) is 0. The summed E-state index contributed by atoms with van der Waals surface area (Å²) in [5, 5.41) is 3.54. The molecular weight excluding hydrogens is 150 g/mol. The zero-order valence-corrected chi connectivity index (χ0v) is 9.05. The lowest BCUT2D eigenvalue weighted by Gasteiger charge is -2.24. The van der Waals surface area contributed by atoms with Crippen molar-refractivity contribution in [2.45, 2.75) is 46.2 Å². The Morgan fingerprint density at radius 2 is 1.83 bits per heavy atom. The van der Waals surface area contributed by atoms with Crippen LogP contribution in [-0.4, -0.2) is 25.8 Å². The molecule has 0 saturated carbocycles. The van der Waals surface area contributed by atoms with Crippen molar-refractivity contribution >= 4 is 0 Å². The van der Waals surface area contributed by atoms with Gasteiger partial charge in [0.05, 0.1) is 6.61 Å². The highest BCUT2D eigenvalue weighted by Crippen LogP contribution is 2.03. The molecule has 0 rings (SSSR count). The molecule has 0 bridgehead atoms. The largest absolute Gasteiger partial charge is 0.383 e. The topological polar surface area (TPSA) is 21.3 Å². The summed E-state index contributed by atoms with van der Waals surface area (Å²) < 4.78 is 5.11. The summed E-state index contributed by atoms with van der Waals surface area (Å²) in [5.74, 6) is 0.691. The van der Waals surface area contributed by atoms with E-state index in [1.807, 2.05) is 0 Å². The summed E-state index contributed by atoms with van der Waals surface area (Å²) in [6.45, 7) is 9.69. The van der Waals surface area contributed by atoms with Gasteiger partial charge in [-0.25, -0.2) is 0 Å². The molecule has 74 valence electrons. The quantitative estimate of drug-likeness (QED) is 0.663. The van der Waals surface area contributed by atoms with E-state index in [2.05, 4.69) is 33.0 Å². The molecule has 0 aliphatic carbocycles. The minimum atomic E-state index is 0.507. The minimum absolute atomic E-state index is 0.507. The fourth-order valence-electron chi connectivity index (χ4n) is 1.05. The highest BCUT2D eigenvalue weighted by Gasteiger charge is 2.11. The average Bonchev–Trinajstić information content (AvgIpc) is 2.03. The fourth-order valence-corrected chi connectivity index (χ4v) is 1.05. The maximum atomic E-state index is 5.11. The van der Waals surface area contributed by atoms with E-state index >= 15 is 0 Å². The monoisotopic (exact) mass is 173 g/mol. The first kappa shape index (κ1) is 11.9. The van der Waals surface area contributed by atoms with E-state index in [4.69, 9.17) is 4.74 Å². The van der Waals surface area contributed by atoms with Crippen LogP contribution < -0.4 is 5.32 Å². The van der Waals surface area contributed by atoms with Gasteiger partial charge in [0.25, 0.3) is 0 Å². The number of ether oxygens (including phenoxy) is 1. The second-order valence-electron chi connectivity index (χ2n) is 3.76. The molecule has 0 heterocycles. The SMILES string of the molecule is CCC(COC)NC(C)C(C)C. The van der Waals surface area contributed by atoms with Crippen molar-refractivity contribution < 1.29 is 4.74 Å². The van der Waals surface area contributed by atoms with Crippen molar-refractivity contribution in [3.05, 3.63) is 0 Å². The Labute approximate surface area is 76.7 Å². The molecule has 0 saturated heterocycles. The van der Waals surface area contributed by atoms with E-state index in [1.54, 1.807) is 7.11 Å². The van der Waals surface area contributed by atoms with Crippen LogP contribution in [0, 0.1) is 5.92 Å². The molecule has 0 fully saturated rings. The van der Waals surface area contributed by atoms with E-state index in [0.717, 1.165) is 13.0 Å². The van der Waals surface area contributed by atoms with Gasteiger partial charge in [-0.2, -0.15) is 0 Å². The molecular formula is C10H23NO. The van der Waals surface area contributed by atoms with E-state index in [1.165, 1.54) is 0 Å². The lowest BCUT2D eigenvalue weighted by atomic mass is 10.0. The molecule has 0 spiro atoms. The zero-order valence-electron chi connectivity index (χ0n) is 9.05. The van der Waals surface area contributed by atoms with Crippen molar-refractivity contribution in [2.75, 3.05) is 13.7 Å². The third-order valence-electron chi connectivity index (χ3n) is 2.36. The molecule has 12 heavy (non-hydrogen) atoms. The van der Waals surface area contributed by atoms with Crippen LogP contribution in [0.4, 0.5) is 0 Å². The molecule has 2 atom stereocenters. The summed E-state index contributed by atoms with van der Waals surface area (Å²) in [7, 11) is 1.75. The van der Waals surface area contributed by atoms with E-state index in [0.29, 0.717) is 18.0 Å². The van der Waals surface area contributed by atoms with Crippen LogP contribution in [0.2, 0.25) is 0 Å². The van der Waals surface area contributed by atoms with Gasteiger partial charge in [0.15, 0.2) is 0 Å². The zero-order chi connectivity index (χ0) is 9.56. The van der Waals surface area contributed by atoms with Crippen molar-refractivity contribution in [1.82, 2.24) is 5.32 Å². The second-order valence-corrected chi connectivity index (χ2v) is 3.76. The molecule has 0 amide bonds. The molecule has 0 aliphatic heterocycles. The van der Waals surface area contributed by atoms with Crippen LogP contribution in [0.5, 0.6) is 0 Å². The standard InChI is InChI=1S/C10H23NO/c1-6-10(7-12-5)11-9(4)8(2)3/h8-11H,6-7H2,1-5H3. The fraction of sp³-hybridized carbons (Fsp3) is 1.00. The van der Waals surface area contributed by atoms with Gasteiger partial charge in [-0.3, -0.25) is 0 Å². The highest BCUT2D eigenvalue weighted by molar-refractivity contribution is 4.71. The Kier molecular flexibility index (Phi) is 6.39. The van der Waals surface area contributed by atoms with Gasteiger partial charge < -0.3 is 10.1 Å². The van der Waals surface area contributed by atoms with Crippen molar-refractivity contribution in [3.63, 3.8) is 0 Å². The first-order valence-electron chi connectivity index (χ1n) is 4.86. The Bertz CT molecular complexity index is 104. The lowest BCUT2D eigenvalue weighted by Crippen LogP contribution is -2.41. The lowest BCUT2D eigenvalue weighted by molar-refractivity contribution is 0.155. The Hall–Kier alpha value is -0.0800. The maximum absolute atomic E-state index is 5.11. The summed E-state index contributed by atoms with van der Waals surface area (Å²) >= 11 is 0. The number of nitrogens with one attached hydrogen (secondary N) is 1. The Balaban J connectivity index is 3.68. The van der Waals surface area contributed by atoms with Crippen LogP contribution in [0.1, 0.15) is 34.1 Å². The predicted molar refractivity (Wildman–Crippen MR) is 53.4 cm³/mol. The van der Waals surface area contributed by atoms with Gasteiger partial charge in [-0.05, 0) is 19.3 Å². The first-order valence-corrected chi connectivity index (χ1v) is 4.86. The summed E-state index contributed by atoms with van der Waals surface area (Å²) in [6.07, 6.45) is 1.13. The van der Waals surface area contributed by atoms with Gasteiger partial charge in [-0.15, -0.1) is 0 Å². The molecule has 0 aliphatic rings. The number of methoxy groups -OCH3 is 1.